The Hall–Kier alpha value is -0.980. The van der Waals surface area contributed by atoms with Gasteiger partial charge in [0.05, 0.1) is 11.3 Å². The van der Waals surface area contributed by atoms with Crippen LogP contribution in [0.15, 0.2) is 34.3 Å². The fraction of sp³-hybridized carbons (Fsp3) is 0.100. The highest BCUT2D eigenvalue weighted by Gasteiger charge is 2.00. The van der Waals surface area contributed by atoms with Crippen LogP contribution in [0.1, 0.15) is 5.56 Å². The number of nitrogens with zero attached hydrogens (tertiary/aromatic N) is 1. The van der Waals surface area contributed by atoms with Gasteiger partial charge in [-0.2, -0.15) is 5.26 Å². The summed E-state index contributed by atoms with van der Waals surface area (Å²) in [5, 5.41) is 11.9. The molecule has 0 aliphatic rings. The Bertz CT molecular complexity index is 382. The molecule has 0 saturated heterocycles. The van der Waals surface area contributed by atoms with Crippen molar-refractivity contribution in [3.8, 4) is 6.07 Å². The summed E-state index contributed by atoms with van der Waals surface area (Å²) in [5.74, 6) is 0. The van der Waals surface area contributed by atoms with Gasteiger partial charge in [-0.25, -0.2) is 0 Å². The van der Waals surface area contributed by atoms with Gasteiger partial charge in [0.15, 0.2) is 0 Å². The van der Waals surface area contributed by atoms with Crippen LogP contribution in [-0.2, 0) is 0 Å². The van der Waals surface area contributed by atoms with Crippen LogP contribution < -0.4 is 5.32 Å². The first-order valence-electron chi connectivity index (χ1n) is 3.96. The highest BCUT2D eigenvalue weighted by atomic mass is 79.9. The maximum absolute atomic E-state index is 8.84. The molecule has 0 aliphatic heterocycles. The van der Waals surface area contributed by atoms with Crippen molar-refractivity contribution in [2.24, 2.45) is 0 Å². The van der Waals surface area contributed by atoms with Crippen molar-refractivity contribution in [1.29, 1.82) is 5.26 Å². The summed E-state index contributed by atoms with van der Waals surface area (Å²) in [7, 11) is 0. The number of anilines is 1. The summed E-state index contributed by atoms with van der Waals surface area (Å²) in [4.78, 5) is 0. The van der Waals surface area contributed by atoms with Gasteiger partial charge in [-0.15, -0.1) is 0 Å². The lowest BCUT2D eigenvalue weighted by molar-refractivity contribution is 1.32. The van der Waals surface area contributed by atoms with E-state index in [2.05, 4.69) is 27.3 Å². The number of hydrogen-bond acceptors (Lipinski definition) is 2. The van der Waals surface area contributed by atoms with Gasteiger partial charge in [0.1, 0.15) is 6.07 Å². The van der Waals surface area contributed by atoms with Crippen molar-refractivity contribution in [1.82, 2.24) is 0 Å². The summed E-state index contributed by atoms with van der Waals surface area (Å²) in [5.41, 5.74) is 2.87. The molecule has 0 aromatic heterocycles. The molecule has 0 amide bonds. The van der Waals surface area contributed by atoms with Crippen LogP contribution in [0.5, 0.6) is 0 Å². The highest BCUT2D eigenvalue weighted by molar-refractivity contribution is 9.10. The van der Waals surface area contributed by atoms with E-state index in [0.717, 1.165) is 10.2 Å². The van der Waals surface area contributed by atoms with Crippen molar-refractivity contribution in [3.63, 3.8) is 0 Å². The third kappa shape index (κ3) is 3.06. The molecule has 14 heavy (non-hydrogen) atoms. The minimum Gasteiger partial charge on any atom is -0.380 e. The van der Waals surface area contributed by atoms with Gasteiger partial charge in [-0.1, -0.05) is 33.6 Å². The van der Waals surface area contributed by atoms with Crippen molar-refractivity contribution in [3.05, 3.63) is 39.8 Å². The zero-order valence-electron chi connectivity index (χ0n) is 7.30. The zero-order valence-corrected chi connectivity index (χ0v) is 9.64. The second-order valence-corrected chi connectivity index (χ2v) is 3.71. The summed E-state index contributed by atoms with van der Waals surface area (Å²) in [6, 6.07) is 7.62. The predicted octanol–water partition coefficient (Wildman–Crippen LogP) is 3.49. The van der Waals surface area contributed by atoms with Crippen molar-refractivity contribution in [2.75, 3.05) is 11.9 Å². The third-order valence-electron chi connectivity index (χ3n) is 1.60. The van der Waals surface area contributed by atoms with E-state index in [1.807, 2.05) is 12.1 Å². The molecular weight excluding hydrogens is 263 g/mol. The molecule has 1 aromatic carbocycles. The molecule has 1 N–H and O–H groups in total. The SMILES string of the molecule is N#Cc1cc(Br)ccc1NC/C=C/Cl. The lowest BCUT2D eigenvalue weighted by Crippen LogP contribution is -1.99. The lowest BCUT2D eigenvalue weighted by atomic mass is 10.2. The molecule has 72 valence electrons. The van der Waals surface area contributed by atoms with Gasteiger partial charge in [0.25, 0.3) is 0 Å². The minimum atomic E-state index is 0.611. The van der Waals surface area contributed by atoms with Gasteiger partial charge in [0, 0.05) is 16.6 Å². The van der Waals surface area contributed by atoms with Crippen LogP contribution in [0.3, 0.4) is 0 Å². The molecule has 0 radical (unpaired) electrons. The fourth-order valence-corrected chi connectivity index (χ4v) is 1.43. The van der Waals surface area contributed by atoms with Crippen molar-refractivity contribution in [2.45, 2.75) is 0 Å². The van der Waals surface area contributed by atoms with E-state index in [4.69, 9.17) is 16.9 Å². The highest BCUT2D eigenvalue weighted by Crippen LogP contribution is 2.19. The van der Waals surface area contributed by atoms with Gasteiger partial charge in [-0.3, -0.25) is 0 Å². The van der Waals surface area contributed by atoms with Crippen molar-refractivity contribution < 1.29 is 0 Å². The molecule has 0 heterocycles. The Balaban J connectivity index is 2.81. The molecule has 1 aromatic rings. The van der Waals surface area contributed by atoms with Crippen LogP contribution in [0.4, 0.5) is 5.69 Å². The van der Waals surface area contributed by atoms with Gasteiger partial charge < -0.3 is 5.32 Å². The van der Waals surface area contributed by atoms with Crippen LogP contribution in [0.2, 0.25) is 0 Å². The summed E-state index contributed by atoms with van der Waals surface area (Å²) in [6.07, 6.45) is 1.77. The number of hydrogen-bond donors (Lipinski definition) is 1. The Morgan fingerprint density at radius 3 is 3.00 bits per heavy atom. The molecule has 0 atom stereocenters. The standard InChI is InChI=1S/C10H8BrClN2/c11-9-2-3-10(8(6-9)7-13)14-5-1-4-12/h1-4,6,14H,5H2/b4-1+. The van der Waals surface area contributed by atoms with E-state index in [0.29, 0.717) is 12.1 Å². The van der Waals surface area contributed by atoms with Crippen molar-refractivity contribution >= 4 is 33.2 Å². The predicted molar refractivity (Wildman–Crippen MR) is 62.3 cm³/mol. The molecule has 0 fully saturated rings. The largest absolute Gasteiger partial charge is 0.380 e. The average molecular weight is 272 g/mol. The molecule has 0 bridgehead atoms. The average Bonchev–Trinajstić information content (AvgIpc) is 2.20. The van der Waals surface area contributed by atoms with Gasteiger partial charge in [0.2, 0.25) is 0 Å². The first-order valence-corrected chi connectivity index (χ1v) is 5.19. The fourth-order valence-electron chi connectivity index (χ4n) is 0.977. The van der Waals surface area contributed by atoms with E-state index in [-0.39, 0.29) is 0 Å². The number of benzene rings is 1. The van der Waals surface area contributed by atoms with Crippen LogP contribution >= 0.6 is 27.5 Å². The van der Waals surface area contributed by atoms with Gasteiger partial charge in [-0.05, 0) is 18.2 Å². The number of nitriles is 1. The Labute approximate surface area is 96.3 Å². The van der Waals surface area contributed by atoms with E-state index >= 15 is 0 Å². The van der Waals surface area contributed by atoms with E-state index in [1.54, 1.807) is 12.1 Å². The molecule has 0 spiro atoms. The number of rotatable bonds is 3. The molecule has 2 nitrogen and oxygen atoms in total. The Morgan fingerprint density at radius 1 is 1.57 bits per heavy atom. The lowest BCUT2D eigenvalue weighted by Gasteiger charge is -2.05. The van der Waals surface area contributed by atoms with Crippen LogP contribution in [-0.4, -0.2) is 6.54 Å². The number of halogens is 2. The van der Waals surface area contributed by atoms with Crippen LogP contribution in [0.25, 0.3) is 0 Å². The summed E-state index contributed by atoms with van der Waals surface area (Å²) >= 11 is 8.68. The second kappa shape index (κ2) is 5.69. The summed E-state index contributed by atoms with van der Waals surface area (Å²) < 4.78 is 0.896. The van der Waals surface area contributed by atoms with Gasteiger partial charge >= 0.3 is 0 Å². The zero-order chi connectivity index (χ0) is 10.4. The first-order chi connectivity index (χ1) is 6.77. The molecule has 4 heteroatoms. The maximum atomic E-state index is 8.84. The van der Waals surface area contributed by atoms with Crippen LogP contribution in [0, 0.1) is 11.3 Å². The van der Waals surface area contributed by atoms with E-state index < -0.39 is 0 Å². The number of nitrogens with one attached hydrogen (secondary N) is 1. The normalized spacial score (nSPS) is 10.1. The molecule has 0 aliphatic carbocycles. The minimum absolute atomic E-state index is 0.611. The first kappa shape index (κ1) is 11.1. The molecule has 0 unspecified atom stereocenters. The smallest absolute Gasteiger partial charge is 0.101 e. The topological polar surface area (TPSA) is 35.8 Å². The second-order valence-electron chi connectivity index (χ2n) is 2.54. The van der Waals surface area contributed by atoms with E-state index in [1.165, 1.54) is 5.54 Å². The maximum Gasteiger partial charge on any atom is 0.101 e. The molecule has 1 rings (SSSR count). The quantitative estimate of drug-likeness (QED) is 0.913. The summed E-state index contributed by atoms with van der Waals surface area (Å²) in [6.45, 7) is 0.611. The third-order valence-corrected chi connectivity index (χ3v) is 2.27. The Kier molecular flexibility index (Phi) is 4.51. The molecular formula is C10H8BrClN2. The Morgan fingerprint density at radius 2 is 2.36 bits per heavy atom. The monoisotopic (exact) mass is 270 g/mol. The molecule has 0 saturated carbocycles. The van der Waals surface area contributed by atoms with E-state index in [9.17, 15) is 0 Å².